The van der Waals surface area contributed by atoms with Crippen LogP contribution in [-0.4, -0.2) is 33.9 Å². The summed E-state index contributed by atoms with van der Waals surface area (Å²) in [6.07, 6.45) is 1.18. The first kappa shape index (κ1) is 14.1. The van der Waals surface area contributed by atoms with Gasteiger partial charge in [-0.15, -0.1) is 0 Å². The fourth-order valence-corrected chi connectivity index (χ4v) is 3.07. The molecule has 2 aliphatic rings. The molecule has 0 saturated carbocycles. The Labute approximate surface area is 133 Å². The zero-order valence-electron chi connectivity index (χ0n) is 12.9. The number of benzene rings is 1. The molecule has 0 radical (unpaired) electrons. The Morgan fingerprint density at radius 1 is 1.13 bits per heavy atom. The van der Waals surface area contributed by atoms with Gasteiger partial charge >= 0.3 is 0 Å². The highest BCUT2D eigenvalue weighted by Crippen LogP contribution is 2.32. The van der Waals surface area contributed by atoms with Crippen molar-refractivity contribution in [3.63, 3.8) is 0 Å². The van der Waals surface area contributed by atoms with Crippen LogP contribution in [0.5, 0.6) is 0 Å². The predicted molar refractivity (Wildman–Crippen MR) is 83.6 cm³/mol. The average Bonchev–Trinajstić information content (AvgIpc) is 2.89. The molecular formula is C17H17FN4O. The van der Waals surface area contributed by atoms with E-state index in [1.165, 1.54) is 30.7 Å². The van der Waals surface area contributed by atoms with Gasteiger partial charge < -0.3 is 9.80 Å². The van der Waals surface area contributed by atoms with Crippen molar-refractivity contribution < 1.29 is 9.18 Å². The van der Waals surface area contributed by atoms with Crippen LogP contribution in [0.1, 0.15) is 33.9 Å². The zero-order chi connectivity index (χ0) is 16.0. The molecule has 1 amide bonds. The summed E-state index contributed by atoms with van der Waals surface area (Å²) >= 11 is 0. The molecule has 0 aliphatic carbocycles. The summed E-state index contributed by atoms with van der Waals surface area (Å²) in [6, 6.07) is 5.67. The van der Waals surface area contributed by atoms with Crippen molar-refractivity contribution in [2.45, 2.75) is 26.4 Å². The lowest BCUT2D eigenvalue weighted by Gasteiger charge is -2.33. The number of nitrogens with zero attached hydrogens (tertiary/aromatic N) is 4. The second-order valence-electron chi connectivity index (χ2n) is 6.03. The molecule has 5 nitrogen and oxygen atoms in total. The predicted octanol–water partition coefficient (Wildman–Crippen LogP) is 2.29. The summed E-state index contributed by atoms with van der Waals surface area (Å²) in [5.41, 5.74) is 2.47. The third kappa shape index (κ3) is 2.44. The lowest BCUT2D eigenvalue weighted by atomic mass is 10.1. The van der Waals surface area contributed by atoms with E-state index in [1.54, 1.807) is 4.90 Å². The van der Waals surface area contributed by atoms with E-state index in [2.05, 4.69) is 14.9 Å². The summed E-state index contributed by atoms with van der Waals surface area (Å²) in [6.45, 7) is 4.89. The number of anilines is 1. The van der Waals surface area contributed by atoms with Gasteiger partial charge in [-0.25, -0.2) is 14.4 Å². The minimum Gasteiger partial charge on any atom is -0.356 e. The monoisotopic (exact) mass is 312 g/mol. The van der Waals surface area contributed by atoms with Crippen molar-refractivity contribution in [2.24, 2.45) is 0 Å². The number of carbonyl (C=O) groups is 1. The molecule has 3 heterocycles. The third-order valence-corrected chi connectivity index (χ3v) is 4.41. The number of aromatic nitrogens is 2. The molecule has 118 valence electrons. The van der Waals surface area contributed by atoms with Crippen LogP contribution < -0.4 is 4.90 Å². The second kappa shape index (κ2) is 5.30. The van der Waals surface area contributed by atoms with Crippen LogP contribution in [-0.2, 0) is 13.1 Å². The maximum atomic E-state index is 13.0. The molecule has 2 aromatic rings. The van der Waals surface area contributed by atoms with Gasteiger partial charge in [-0.3, -0.25) is 4.79 Å². The molecule has 23 heavy (non-hydrogen) atoms. The molecular weight excluding hydrogens is 295 g/mol. The van der Waals surface area contributed by atoms with Crippen LogP contribution >= 0.6 is 0 Å². The summed E-state index contributed by atoms with van der Waals surface area (Å²) in [5, 5.41) is 0. The first-order valence-corrected chi connectivity index (χ1v) is 7.78. The quantitative estimate of drug-likeness (QED) is 0.854. The Kier molecular flexibility index (Phi) is 3.25. The van der Waals surface area contributed by atoms with Gasteiger partial charge in [0.05, 0.1) is 18.8 Å². The Hall–Kier alpha value is -2.50. The summed E-state index contributed by atoms with van der Waals surface area (Å²) < 4.78 is 13.0. The number of aryl methyl sites for hydroxylation is 1. The highest BCUT2D eigenvalue weighted by atomic mass is 19.1. The van der Waals surface area contributed by atoms with Crippen LogP contribution in [0.4, 0.5) is 10.2 Å². The van der Waals surface area contributed by atoms with Crippen LogP contribution in [0.3, 0.4) is 0 Å². The van der Waals surface area contributed by atoms with Crippen molar-refractivity contribution in [3.8, 4) is 0 Å². The zero-order valence-corrected chi connectivity index (χ0v) is 12.9. The molecule has 6 heteroatoms. The van der Waals surface area contributed by atoms with Crippen molar-refractivity contribution >= 4 is 11.7 Å². The van der Waals surface area contributed by atoms with Crippen LogP contribution in [0, 0.1) is 12.7 Å². The van der Waals surface area contributed by atoms with E-state index in [0.717, 1.165) is 36.0 Å². The minimum absolute atomic E-state index is 0.102. The van der Waals surface area contributed by atoms with Gasteiger partial charge in [0.15, 0.2) is 0 Å². The van der Waals surface area contributed by atoms with Crippen LogP contribution in [0.25, 0.3) is 0 Å². The molecule has 1 fully saturated rings. The smallest absolute Gasteiger partial charge is 0.254 e. The molecule has 1 aromatic heterocycles. The number of halogens is 1. The fourth-order valence-electron chi connectivity index (χ4n) is 3.07. The second-order valence-corrected chi connectivity index (χ2v) is 6.03. The maximum absolute atomic E-state index is 13.0. The van der Waals surface area contributed by atoms with Gasteiger partial charge in [0.1, 0.15) is 17.5 Å². The lowest BCUT2D eigenvalue weighted by Crippen LogP contribution is -2.38. The van der Waals surface area contributed by atoms with Gasteiger partial charge in [-0.2, -0.15) is 0 Å². The Morgan fingerprint density at radius 3 is 2.52 bits per heavy atom. The van der Waals surface area contributed by atoms with Gasteiger partial charge in [0.2, 0.25) is 0 Å². The molecule has 1 aromatic carbocycles. The van der Waals surface area contributed by atoms with E-state index in [-0.39, 0.29) is 11.7 Å². The van der Waals surface area contributed by atoms with Gasteiger partial charge in [0, 0.05) is 24.2 Å². The summed E-state index contributed by atoms with van der Waals surface area (Å²) in [4.78, 5) is 25.7. The Bertz CT molecular complexity index is 771. The van der Waals surface area contributed by atoms with Gasteiger partial charge in [-0.05, 0) is 37.6 Å². The van der Waals surface area contributed by atoms with E-state index in [0.29, 0.717) is 18.7 Å². The number of fused-ring (bicyclic) bond motifs is 1. The molecule has 0 spiro atoms. The van der Waals surface area contributed by atoms with E-state index >= 15 is 0 Å². The number of rotatable bonds is 2. The molecule has 0 unspecified atom stereocenters. The number of carbonyl (C=O) groups excluding carboxylic acids is 1. The van der Waals surface area contributed by atoms with Crippen molar-refractivity contribution in [1.29, 1.82) is 0 Å². The first-order chi connectivity index (χ1) is 11.1. The van der Waals surface area contributed by atoms with Crippen molar-refractivity contribution in [2.75, 3.05) is 18.0 Å². The first-order valence-electron chi connectivity index (χ1n) is 7.78. The van der Waals surface area contributed by atoms with Crippen molar-refractivity contribution in [1.82, 2.24) is 14.9 Å². The lowest BCUT2D eigenvalue weighted by molar-refractivity contribution is 0.0750. The van der Waals surface area contributed by atoms with Crippen LogP contribution in [0.2, 0.25) is 0 Å². The number of hydrogen-bond acceptors (Lipinski definition) is 4. The molecule has 0 bridgehead atoms. The topological polar surface area (TPSA) is 49.3 Å². The van der Waals surface area contributed by atoms with Gasteiger partial charge in [0.25, 0.3) is 5.91 Å². The van der Waals surface area contributed by atoms with Crippen molar-refractivity contribution in [3.05, 3.63) is 52.7 Å². The van der Waals surface area contributed by atoms with Crippen LogP contribution in [0.15, 0.2) is 24.3 Å². The minimum atomic E-state index is -0.340. The Morgan fingerprint density at radius 2 is 1.87 bits per heavy atom. The van der Waals surface area contributed by atoms with E-state index in [9.17, 15) is 9.18 Å². The van der Waals surface area contributed by atoms with E-state index in [1.807, 2.05) is 6.92 Å². The molecule has 4 rings (SSSR count). The number of amides is 1. The molecule has 1 saturated heterocycles. The highest BCUT2D eigenvalue weighted by molar-refractivity contribution is 5.94. The largest absolute Gasteiger partial charge is 0.356 e. The summed E-state index contributed by atoms with van der Waals surface area (Å²) in [7, 11) is 0. The molecule has 0 atom stereocenters. The SMILES string of the molecule is Cc1nc2c(c(N3CCC3)n1)CN(C(=O)c1ccc(F)cc1)C2. The molecule has 0 N–H and O–H groups in total. The average molecular weight is 312 g/mol. The third-order valence-electron chi connectivity index (χ3n) is 4.41. The Balaban J connectivity index is 1.62. The molecule has 2 aliphatic heterocycles. The number of hydrogen-bond donors (Lipinski definition) is 0. The van der Waals surface area contributed by atoms with E-state index < -0.39 is 0 Å². The highest BCUT2D eigenvalue weighted by Gasteiger charge is 2.31. The summed E-state index contributed by atoms with van der Waals surface area (Å²) in [5.74, 6) is 1.26. The van der Waals surface area contributed by atoms with Gasteiger partial charge in [-0.1, -0.05) is 0 Å². The standard InChI is InChI=1S/C17H17FN4O/c1-11-19-15-10-22(17(23)12-3-5-13(18)6-4-12)9-14(15)16(20-11)21-7-2-8-21/h3-6H,2,7-10H2,1H3. The normalized spacial score (nSPS) is 16.3. The maximum Gasteiger partial charge on any atom is 0.254 e. The fraction of sp³-hybridized carbons (Fsp3) is 0.353. The van der Waals surface area contributed by atoms with E-state index in [4.69, 9.17) is 0 Å².